The van der Waals surface area contributed by atoms with Crippen molar-refractivity contribution in [1.29, 1.82) is 0 Å². The highest BCUT2D eigenvalue weighted by molar-refractivity contribution is 5.85. The monoisotopic (exact) mass is 359 g/mol. The lowest BCUT2D eigenvalue weighted by Crippen LogP contribution is -2.36. The maximum Gasteiger partial charge on any atom is 0.224 e. The zero-order chi connectivity index (χ0) is 16.5. The third-order valence-corrected chi connectivity index (χ3v) is 5.32. The van der Waals surface area contributed by atoms with Gasteiger partial charge in [0, 0.05) is 32.5 Å². The first kappa shape index (κ1) is 21.2. The van der Waals surface area contributed by atoms with Crippen molar-refractivity contribution in [3.8, 4) is 0 Å². The van der Waals surface area contributed by atoms with Crippen LogP contribution in [0.15, 0.2) is 0 Å². The van der Waals surface area contributed by atoms with Gasteiger partial charge in [-0.3, -0.25) is 9.59 Å². The average molecular weight is 360 g/mol. The molecule has 0 aliphatic carbocycles. The summed E-state index contributed by atoms with van der Waals surface area (Å²) in [5, 5.41) is 6.30. The van der Waals surface area contributed by atoms with Crippen LogP contribution in [0.25, 0.3) is 0 Å². The van der Waals surface area contributed by atoms with Crippen LogP contribution in [0.2, 0.25) is 0 Å². The van der Waals surface area contributed by atoms with Gasteiger partial charge in [0.05, 0.1) is 0 Å². The van der Waals surface area contributed by atoms with Crippen LogP contribution in [-0.2, 0) is 9.59 Å². The molecule has 24 heavy (non-hydrogen) atoms. The molecular weight excluding hydrogens is 326 g/mol. The van der Waals surface area contributed by atoms with E-state index in [2.05, 4.69) is 17.6 Å². The molecule has 2 rings (SSSR count). The van der Waals surface area contributed by atoms with Crippen LogP contribution < -0.4 is 10.6 Å². The molecule has 0 radical (unpaired) electrons. The van der Waals surface area contributed by atoms with Crippen molar-refractivity contribution in [2.75, 3.05) is 32.7 Å². The summed E-state index contributed by atoms with van der Waals surface area (Å²) in [6, 6.07) is 0. The molecule has 2 aliphatic rings. The van der Waals surface area contributed by atoms with Gasteiger partial charge in [0.1, 0.15) is 0 Å². The van der Waals surface area contributed by atoms with E-state index in [-0.39, 0.29) is 24.2 Å². The van der Waals surface area contributed by atoms with E-state index < -0.39 is 0 Å². The predicted octanol–water partition coefficient (Wildman–Crippen LogP) is 2.34. The Morgan fingerprint density at radius 3 is 2.38 bits per heavy atom. The Balaban J connectivity index is 0.00000288. The molecule has 2 heterocycles. The van der Waals surface area contributed by atoms with Gasteiger partial charge in [-0.2, -0.15) is 0 Å². The van der Waals surface area contributed by atoms with Crippen molar-refractivity contribution in [2.24, 2.45) is 11.8 Å². The highest BCUT2D eigenvalue weighted by atomic mass is 35.5. The first-order valence-electron chi connectivity index (χ1n) is 9.42. The molecule has 2 saturated heterocycles. The molecule has 1 atom stereocenters. The van der Waals surface area contributed by atoms with Crippen LogP contribution in [0.4, 0.5) is 0 Å². The Morgan fingerprint density at radius 1 is 1.12 bits per heavy atom. The van der Waals surface area contributed by atoms with Crippen molar-refractivity contribution < 1.29 is 9.59 Å². The predicted molar refractivity (Wildman–Crippen MR) is 99.3 cm³/mol. The van der Waals surface area contributed by atoms with E-state index in [0.717, 1.165) is 39.0 Å². The standard InChI is InChI=1S/C18H33N3O2.ClH/c1-15(16-6-9-19-10-7-16)14-17(22)20-11-8-18(23)21-12-4-2-3-5-13-21;/h15-16,19H,2-14H2,1H3,(H,20,22);1H. The molecule has 2 fully saturated rings. The third kappa shape index (κ3) is 7.39. The van der Waals surface area contributed by atoms with E-state index in [4.69, 9.17) is 0 Å². The summed E-state index contributed by atoms with van der Waals surface area (Å²) in [4.78, 5) is 26.2. The number of amides is 2. The second-order valence-electron chi connectivity index (χ2n) is 7.16. The number of rotatable bonds is 6. The topological polar surface area (TPSA) is 61.4 Å². The Morgan fingerprint density at radius 2 is 1.75 bits per heavy atom. The maximum atomic E-state index is 12.2. The van der Waals surface area contributed by atoms with E-state index in [1.54, 1.807) is 0 Å². The van der Waals surface area contributed by atoms with Gasteiger partial charge < -0.3 is 15.5 Å². The number of carbonyl (C=O) groups is 2. The van der Waals surface area contributed by atoms with E-state index in [1.807, 2.05) is 4.90 Å². The van der Waals surface area contributed by atoms with Crippen LogP contribution in [0.1, 0.15) is 58.3 Å². The third-order valence-electron chi connectivity index (χ3n) is 5.32. The molecule has 0 aromatic heterocycles. The Labute approximate surface area is 152 Å². The second-order valence-corrected chi connectivity index (χ2v) is 7.16. The van der Waals surface area contributed by atoms with Crippen LogP contribution in [-0.4, -0.2) is 49.4 Å². The number of hydrogen-bond acceptors (Lipinski definition) is 3. The molecule has 0 saturated carbocycles. The average Bonchev–Trinajstić information content (AvgIpc) is 2.85. The minimum absolute atomic E-state index is 0. The van der Waals surface area contributed by atoms with Crippen molar-refractivity contribution in [2.45, 2.75) is 58.3 Å². The summed E-state index contributed by atoms with van der Waals surface area (Å²) in [5.74, 6) is 1.37. The zero-order valence-electron chi connectivity index (χ0n) is 15.0. The van der Waals surface area contributed by atoms with Gasteiger partial charge in [-0.15, -0.1) is 12.4 Å². The van der Waals surface area contributed by atoms with Gasteiger partial charge in [0.25, 0.3) is 0 Å². The van der Waals surface area contributed by atoms with Crippen LogP contribution in [0.3, 0.4) is 0 Å². The molecule has 1 unspecified atom stereocenters. The Bertz CT molecular complexity index is 378. The number of halogens is 1. The minimum Gasteiger partial charge on any atom is -0.356 e. The molecule has 2 amide bonds. The van der Waals surface area contributed by atoms with Gasteiger partial charge in [-0.05, 0) is 50.6 Å². The van der Waals surface area contributed by atoms with Crippen LogP contribution in [0.5, 0.6) is 0 Å². The molecule has 2 N–H and O–H groups in total. The van der Waals surface area contributed by atoms with Crippen molar-refractivity contribution in [3.63, 3.8) is 0 Å². The first-order valence-corrected chi connectivity index (χ1v) is 9.42. The van der Waals surface area contributed by atoms with Gasteiger partial charge in [-0.1, -0.05) is 19.8 Å². The fraction of sp³-hybridized carbons (Fsp3) is 0.889. The van der Waals surface area contributed by atoms with E-state index in [9.17, 15) is 9.59 Å². The Kier molecular flexibility index (Phi) is 10.3. The lowest BCUT2D eigenvalue weighted by Gasteiger charge is -2.27. The van der Waals surface area contributed by atoms with Gasteiger partial charge in [0.2, 0.25) is 11.8 Å². The fourth-order valence-electron chi connectivity index (χ4n) is 3.73. The quantitative estimate of drug-likeness (QED) is 0.765. The maximum absolute atomic E-state index is 12.2. The molecule has 5 nitrogen and oxygen atoms in total. The molecule has 0 aromatic carbocycles. The van der Waals surface area contributed by atoms with Crippen molar-refractivity contribution in [1.82, 2.24) is 15.5 Å². The number of likely N-dealkylation sites (tertiary alicyclic amines) is 1. The summed E-state index contributed by atoms with van der Waals surface area (Å²) in [7, 11) is 0. The number of carbonyl (C=O) groups excluding carboxylic acids is 2. The number of piperidine rings is 1. The number of nitrogens with zero attached hydrogens (tertiary/aromatic N) is 1. The molecule has 2 aliphatic heterocycles. The summed E-state index contributed by atoms with van der Waals surface area (Å²) < 4.78 is 0. The van der Waals surface area contributed by atoms with E-state index in [0.29, 0.717) is 31.2 Å². The summed E-state index contributed by atoms with van der Waals surface area (Å²) in [6.45, 7) is 6.58. The van der Waals surface area contributed by atoms with E-state index in [1.165, 1.54) is 25.7 Å². The molecule has 6 heteroatoms. The van der Waals surface area contributed by atoms with Gasteiger partial charge in [0.15, 0.2) is 0 Å². The summed E-state index contributed by atoms with van der Waals surface area (Å²) in [5.41, 5.74) is 0. The summed E-state index contributed by atoms with van der Waals surface area (Å²) in [6.07, 6.45) is 8.06. The normalized spacial score (nSPS) is 20.6. The molecule has 0 spiro atoms. The van der Waals surface area contributed by atoms with Crippen molar-refractivity contribution in [3.05, 3.63) is 0 Å². The van der Waals surface area contributed by atoms with Gasteiger partial charge in [-0.25, -0.2) is 0 Å². The number of nitrogens with one attached hydrogen (secondary N) is 2. The molecule has 0 bridgehead atoms. The zero-order valence-corrected chi connectivity index (χ0v) is 15.8. The SMILES string of the molecule is CC(CC(=O)NCCC(=O)N1CCCCCC1)C1CCNCC1.Cl. The highest BCUT2D eigenvalue weighted by Gasteiger charge is 2.22. The summed E-state index contributed by atoms with van der Waals surface area (Å²) >= 11 is 0. The van der Waals surface area contributed by atoms with Crippen molar-refractivity contribution >= 4 is 24.2 Å². The first-order chi connectivity index (χ1) is 11.2. The molecular formula is C18H34ClN3O2. The second kappa shape index (κ2) is 11.7. The molecule has 140 valence electrons. The van der Waals surface area contributed by atoms with Crippen LogP contribution in [0, 0.1) is 11.8 Å². The largest absolute Gasteiger partial charge is 0.356 e. The Hall–Kier alpha value is -0.810. The molecule has 0 aromatic rings. The lowest BCUT2D eigenvalue weighted by molar-refractivity contribution is -0.131. The minimum atomic E-state index is 0. The van der Waals surface area contributed by atoms with Crippen LogP contribution >= 0.6 is 12.4 Å². The van der Waals surface area contributed by atoms with E-state index >= 15 is 0 Å². The number of hydrogen-bond donors (Lipinski definition) is 2. The smallest absolute Gasteiger partial charge is 0.224 e. The highest BCUT2D eigenvalue weighted by Crippen LogP contribution is 2.24. The fourth-order valence-corrected chi connectivity index (χ4v) is 3.73. The lowest BCUT2D eigenvalue weighted by atomic mass is 9.84. The van der Waals surface area contributed by atoms with Gasteiger partial charge >= 0.3 is 0 Å².